The number of halogens is 2. The number of imide groups is 1. The summed E-state index contributed by atoms with van der Waals surface area (Å²) < 4.78 is 17.5. The number of aromatic nitrogens is 1. The first-order chi connectivity index (χ1) is 18.1. The first kappa shape index (κ1) is 27.7. The second-order valence-electron chi connectivity index (χ2n) is 9.54. The smallest absolute Gasteiger partial charge is 0.327 e. The Kier molecular flexibility index (Phi) is 8.47. The van der Waals surface area contributed by atoms with Gasteiger partial charge in [-0.25, -0.2) is 9.78 Å². The van der Waals surface area contributed by atoms with Crippen LogP contribution in [0.25, 0.3) is 0 Å². The minimum absolute atomic E-state index is 0.194. The summed E-state index contributed by atoms with van der Waals surface area (Å²) in [5.74, 6) is 1.62. The van der Waals surface area contributed by atoms with Crippen LogP contribution in [-0.4, -0.2) is 54.0 Å². The quantitative estimate of drug-likeness (QED) is 0.280. The van der Waals surface area contributed by atoms with E-state index in [2.05, 4.69) is 20.9 Å². The maximum Gasteiger partial charge on any atom is 0.327 e. The average Bonchev–Trinajstić information content (AvgIpc) is 2.89. The fourth-order valence-electron chi connectivity index (χ4n) is 4.37. The summed E-state index contributed by atoms with van der Waals surface area (Å²) in [6, 6.07) is 14.2. The number of ether oxygens (including phenoxy) is 3. The third-order valence-electron chi connectivity index (χ3n) is 6.37. The summed E-state index contributed by atoms with van der Waals surface area (Å²) in [4.78, 5) is 33.5. The van der Waals surface area contributed by atoms with Crippen molar-refractivity contribution in [2.45, 2.75) is 32.2 Å². The lowest BCUT2D eigenvalue weighted by molar-refractivity contribution is -0.131. The van der Waals surface area contributed by atoms with Gasteiger partial charge in [0.05, 0.1) is 14.2 Å². The Morgan fingerprint density at radius 1 is 1.05 bits per heavy atom. The number of para-hydroxylation sites is 1. The van der Waals surface area contributed by atoms with Crippen molar-refractivity contribution in [2.24, 2.45) is 0 Å². The van der Waals surface area contributed by atoms with E-state index in [0.717, 1.165) is 15.6 Å². The maximum atomic E-state index is 13.4. The predicted molar refractivity (Wildman–Crippen MR) is 148 cm³/mol. The number of carbonyl (C=O) groups is 2. The van der Waals surface area contributed by atoms with Gasteiger partial charge in [0.2, 0.25) is 17.5 Å². The minimum Gasteiger partial charge on any atom is -0.493 e. The standard InChI is InChI=1S/C28H29BrClN3O5/c1-28(2,20-10-9-19(29)14-21(20)30)17-33-25(34)12-13-32(27(33)35)16-18-8-11-24(31-15-18)38-26-22(36-3)6-5-7-23(26)37-4/h5-11,14-15H,12-13,16-17H2,1-4H3. The van der Waals surface area contributed by atoms with Gasteiger partial charge in [-0.2, -0.15) is 0 Å². The molecule has 0 aliphatic carbocycles. The summed E-state index contributed by atoms with van der Waals surface area (Å²) in [5, 5.41) is 0.581. The van der Waals surface area contributed by atoms with Crippen molar-refractivity contribution in [3.05, 3.63) is 75.4 Å². The van der Waals surface area contributed by atoms with Crippen LogP contribution in [0, 0.1) is 0 Å². The van der Waals surface area contributed by atoms with E-state index >= 15 is 0 Å². The van der Waals surface area contributed by atoms with Gasteiger partial charge in [-0.3, -0.25) is 9.69 Å². The number of carbonyl (C=O) groups excluding carboxylic acids is 2. The largest absolute Gasteiger partial charge is 0.493 e. The van der Waals surface area contributed by atoms with Gasteiger partial charge in [0.25, 0.3) is 0 Å². The van der Waals surface area contributed by atoms with Crippen LogP contribution in [0.3, 0.4) is 0 Å². The molecule has 3 aromatic rings. The van der Waals surface area contributed by atoms with Crippen LogP contribution in [-0.2, 0) is 16.8 Å². The summed E-state index contributed by atoms with van der Waals surface area (Å²) >= 11 is 9.90. The van der Waals surface area contributed by atoms with E-state index in [4.69, 9.17) is 25.8 Å². The molecule has 1 saturated heterocycles. The van der Waals surface area contributed by atoms with Crippen molar-refractivity contribution in [3.8, 4) is 23.1 Å². The van der Waals surface area contributed by atoms with Gasteiger partial charge in [0.1, 0.15) is 0 Å². The molecule has 0 N–H and O–H groups in total. The summed E-state index contributed by atoms with van der Waals surface area (Å²) in [5.41, 5.74) is 1.14. The van der Waals surface area contributed by atoms with Crippen LogP contribution in [0.15, 0.2) is 59.2 Å². The van der Waals surface area contributed by atoms with E-state index in [9.17, 15) is 9.59 Å². The highest BCUT2D eigenvalue weighted by Gasteiger charge is 2.37. The van der Waals surface area contributed by atoms with Crippen LogP contribution in [0.5, 0.6) is 23.1 Å². The molecule has 0 spiro atoms. The number of urea groups is 1. The second-order valence-corrected chi connectivity index (χ2v) is 10.9. The molecule has 38 heavy (non-hydrogen) atoms. The molecule has 4 rings (SSSR count). The van der Waals surface area contributed by atoms with E-state index in [1.54, 1.807) is 49.6 Å². The molecule has 1 fully saturated rings. The number of hydrogen-bond donors (Lipinski definition) is 0. The molecular formula is C28H29BrClN3O5. The van der Waals surface area contributed by atoms with Crippen LogP contribution in [0.4, 0.5) is 4.79 Å². The van der Waals surface area contributed by atoms with Crippen LogP contribution < -0.4 is 14.2 Å². The second kappa shape index (κ2) is 11.6. The molecule has 8 nitrogen and oxygen atoms in total. The highest BCUT2D eigenvalue weighted by atomic mass is 79.9. The third kappa shape index (κ3) is 6.05. The van der Waals surface area contributed by atoms with E-state index < -0.39 is 5.41 Å². The Morgan fingerprint density at radius 2 is 1.76 bits per heavy atom. The number of hydrogen-bond acceptors (Lipinski definition) is 6. The Labute approximate surface area is 235 Å². The van der Waals surface area contributed by atoms with Crippen LogP contribution >= 0.6 is 27.5 Å². The predicted octanol–water partition coefficient (Wildman–Crippen LogP) is 6.44. The van der Waals surface area contributed by atoms with Gasteiger partial charge in [0, 0.05) is 53.2 Å². The third-order valence-corrected chi connectivity index (χ3v) is 7.18. The van der Waals surface area contributed by atoms with Gasteiger partial charge in [0.15, 0.2) is 11.5 Å². The first-order valence-electron chi connectivity index (χ1n) is 12.0. The van der Waals surface area contributed by atoms with Crippen LogP contribution in [0.1, 0.15) is 31.4 Å². The molecule has 1 aliphatic heterocycles. The lowest BCUT2D eigenvalue weighted by Crippen LogP contribution is -2.55. The molecule has 2 heterocycles. The molecule has 10 heteroatoms. The van der Waals surface area contributed by atoms with Gasteiger partial charge < -0.3 is 19.1 Å². The molecule has 3 amide bonds. The number of methoxy groups -OCH3 is 2. The van der Waals surface area contributed by atoms with Crippen molar-refractivity contribution in [2.75, 3.05) is 27.3 Å². The number of rotatable bonds is 9. The summed E-state index contributed by atoms with van der Waals surface area (Å²) in [6.45, 7) is 4.81. The Morgan fingerprint density at radius 3 is 2.37 bits per heavy atom. The molecular weight excluding hydrogens is 574 g/mol. The van der Waals surface area contributed by atoms with E-state index in [0.29, 0.717) is 41.2 Å². The molecule has 1 aliphatic rings. The lowest BCUT2D eigenvalue weighted by atomic mass is 9.84. The van der Waals surface area contributed by atoms with Crippen molar-refractivity contribution >= 4 is 39.5 Å². The Bertz CT molecular complexity index is 1310. The average molecular weight is 603 g/mol. The molecule has 0 atom stereocenters. The Balaban J connectivity index is 1.46. The van der Waals surface area contributed by atoms with Gasteiger partial charge in [-0.1, -0.05) is 59.6 Å². The first-order valence-corrected chi connectivity index (χ1v) is 13.2. The number of pyridine rings is 1. The van der Waals surface area contributed by atoms with Crippen molar-refractivity contribution in [1.82, 2.24) is 14.8 Å². The molecule has 2 aromatic carbocycles. The van der Waals surface area contributed by atoms with E-state index in [1.807, 2.05) is 38.1 Å². The molecule has 1 aromatic heterocycles. The highest BCUT2D eigenvalue weighted by molar-refractivity contribution is 9.10. The number of benzene rings is 2. The van der Waals surface area contributed by atoms with Gasteiger partial charge >= 0.3 is 6.03 Å². The molecule has 200 valence electrons. The minimum atomic E-state index is -0.536. The highest BCUT2D eigenvalue weighted by Crippen LogP contribution is 2.39. The zero-order valence-corrected chi connectivity index (χ0v) is 24.0. The topological polar surface area (TPSA) is 81.2 Å². The van der Waals surface area contributed by atoms with Gasteiger partial charge in [-0.15, -0.1) is 0 Å². The molecule has 0 saturated carbocycles. The van der Waals surface area contributed by atoms with E-state index in [1.165, 1.54) is 4.90 Å². The zero-order valence-electron chi connectivity index (χ0n) is 21.7. The SMILES string of the molecule is COc1cccc(OC)c1Oc1ccc(CN2CCC(=O)N(CC(C)(C)c3ccc(Br)cc3Cl)C2=O)cn1. The normalized spacial score (nSPS) is 14.1. The molecule has 0 bridgehead atoms. The molecule has 0 unspecified atom stereocenters. The maximum absolute atomic E-state index is 13.4. The lowest BCUT2D eigenvalue weighted by Gasteiger charge is -2.38. The van der Waals surface area contributed by atoms with Crippen LogP contribution in [0.2, 0.25) is 5.02 Å². The monoisotopic (exact) mass is 601 g/mol. The molecule has 0 radical (unpaired) electrons. The zero-order chi connectivity index (χ0) is 27.4. The van der Waals surface area contributed by atoms with Crippen molar-refractivity contribution in [1.29, 1.82) is 0 Å². The fourth-order valence-corrected chi connectivity index (χ4v) is 5.30. The van der Waals surface area contributed by atoms with Gasteiger partial charge in [-0.05, 0) is 35.4 Å². The van der Waals surface area contributed by atoms with Crippen molar-refractivity contribution < 1.29 is 23.8 Å². The summed E-state index contributed by atoms with van der Waals surface area (Å²) in [6.07, 6.45) is 1.90. The number of nitrogens with zero attached hydrogens (tertiary/aromatic N) is 3. The number of amides is 3. The van der Waals surface area contributed by atoms with E-state index in [-0.39, 0.29) is 24.9 Å². The fraction of sp³-hybridized carbons (Fsp3) is 0.321. The Hall–Kier alpha value is -3.30. The van der Waals surface area contributed by atoms with Crippen molar-refractivity contribution in [3.63, 3.8) is 0 Å². The summed E-state index contributed by atoms with van der Waals surface area (Å²) in [7, 11) is 3.10.